The molecule has 0 aliphatic rings. The van der Waals surface area contributed by atoms with Gasteiger partial charge in [-0.1, -0.05) is 6.92 Å². The van der Waals surface area contributed by atoms with E-state index in [1.807, 2.05) is 0 Å². The zero-order valence-corrected chi connectivity index (χ0v) is 13.5. The van der Waals surface area contributed by atoms with Gasteiger partial charge in [0.05, 0.1) is 21.4 Å². The van der Waals surface area contributed by atoms with E-state index in [9.17, 15) is 21.6 Å². The minimum Gasteiger partial charge on any atom is -0.481 e. The van der Waals surface area contributed by atoms with E-state index < -0.39 is 31.6 Å². The topological polar surface area (TPSA) is 118 Å². The first-order chi connectivity index (χ1) is 9.43. The van der Waals surface area contributed by atoms with Crippen molar-refractivity contribution in [3.05, 3.63) is 18.2 Å². The van der Waals surface area contributed by atoms with Gasteiger partial charge in [0.25, 0.3) is 0 Å². The Balaban J connectivity index is 3.25. The normalized spacial score (nSPS) is 13.7. The van der Waals surface area contributed by atoms with Crippen LogP contribution in [0.25, 0.3) is 0 Å². The van der Waals surface area contributed by atoms with Gasteiger partial charge in [-0.2, -0.15) is 0 Å². The molecule has 0 saturated carbocycles. The highest BCUT2D eigenvalue weighted by molar-refractivity contribution is 7.91. The Kier molecular flexibility index (Phi) is 5.00. The molecule has 9 heteroatoms. The summed E-state index contributed by atoms with van der Waals surface area (Å²) in [6, 6.07) is 3.66. The van der Waals surface area contributed by atoms with Crippen molar-refractivity contribution in [2.45, 2.75) is 16.7 Å². The fourth-order valence-corrected chi connectivity index (χ4v) is 3.14. The lowest BCUT2D eigenvalue weighted by atomic mass is 10.2. The van der Waals surface area contributed by atoms with E-state index in [1.54, 1.807) is 0 Å². The van der Waals surface area contributed by atoms with Gasteiger partial charge in [0.2, 0.25) is 0 Å². The Labute approximate surface area is 123 Å². The molecule has 0 heterocycles. The first-order valence-corrected chi connectivity index (χ1v) is 9.72. The monoisotopic (exact) mass is 335 g/mol. The summed E-state index contributed by atoms with van der Waals surface area (Å²) >= 11 is 0. The molecular weight excluding hydrogens is 318 g/mol. The van der Waals surface area contributed by atoms with Gasteiger partial charge in [-0.25, -0.2) is 16.8 Å². The van der Waals surface area contributed by atoms with Gasteiger partial charge in [0.15, 0.2) is 19.7 Å². The van der Waals surface area contributed by atoms with Crippen LogP contribution in [0.4, 0.5) is 5.69 Å². The highest BCUT2D eigenvalue weighted by atomic mass is 32.2. The zero-order chi connectivity index (χ0) is 16.4. The Hall–Kier alpha value is -1.61. The van der Waals surface area contributed by atoms with E-state index in [0.717, 1.165) is 18.6 Å². The van der Waals surface area contributed by atoms with Crippen molar-refractivity contribution in [1.82, 2.24) is 0 Å². The first-order valence-electron chi connectivity index (χ1n) is 5.94. The van der Waals surface area contributed by atoms with E-state index in [4.69, 9.17) is 5.11 Å². The lowest BCUT2D eigenvalue weighted by molar-refractivity contribution is -0.140. The van der Waals surface area contributed by atoms with Gasteiger partial charge in [0, 0.05) is 19.1 Å². The number of hydrogen-bond acceptors (Lipinski definition) is 6. The molecule has 21 heavy (non-hydrogen) atoms. The van der Waals surface area contributed by atoms with Gasteiger partial charge in [-0.05, 0) is 18.2 Å². The summed E-state index contributed by atoms with van der Waals surface area (Å²) in [7, 11) is -7.19. The standard InChI is InChI=1S/C12H17NO6S2/c1-8(12(14)15)7-13-10-5-4-9(20(2,16)17)6-11(10)21(3,18)19/h4-6,8,13H,7H2,1-3H3,(H,14,15). The molecule has 0 fully saturated rings. The molecule has 0 spiro atoms. The molecule has 0 bridgehead atoms. The minimum atomic E-state index is -3.66. The fraction of sp³-hybridized carbons (Fsp3) is 0.417. The number of carboxylic acids is 1. The maximum Gasteiger partial charge on any atom is 0.308 e. The molecule has 0 radical (unpaired) electrons. The number of nitrogens with one attached hydrogen (secondary N) is 1. The van der Waals surface area contributed by atoms with Crippen LogP contribution in [0, 0.1) is 5.92 Å². The lowest BCUT2D eigenvalue weighted by Crippen LogP contribution is -2.20. The van der Waals surface area contributed by atoms with Crippen molar-refractivity contribution in [2.75, 3.05) is 24.4 Å². The second-order valence-corrected chi connectivity index (χ2v) is 8.82. The molecule has 1 atom stereocenters. The van der Waals surface area contributed by atoms with Crippen LogP contribution in [0.5, 0.6) is 0 Å². The molecule has 0 aromatic heterocycles. The van der Waals surface area contributed by atoms with Crippen LogP contribution in [0.15, 0.2) is 28.0 Å². The quantitative estimate of drug-likeness (QED) is 0.782. The van der Waals surface area contributed by atoms with Gasteiger partial charge in [-0.3, -0.25) is 4.79 Å². The molecule has 0 amide bonds. The smallest absolute Gasteiger partial charge is 0.308 e. The van der Waals surface area contributed by atoms with Crippen molar-refractivity contribution in [3.63, 3.8) is 0 Å². The summed E-state index contributed by atoms with van der Waals surface area (Å²) in [6.07, 6.45) is 1.94. The van der Waals surface area contributed by atoms with E-state index in [0.29, 0.717) is 0 Å². The molecular formula is C12H17NO6S2. The summed E-state index contributed by atoms with van der Waals surface area (Å²) < 4.78 is 46.5. The Morgan fingerprint density at radius 2 is 1.76 bits per heavy atom. The van der Waals surface area contributed by atoms with Crippen LogP contribution in [-0.4, -0.2) is 47.0 Å². The second kappa shape index (κ2) is 6.02. The number of carboxylic acid groups (broad SMARTS) is 1. The summed E-state index contributed by atoms with van der Waals surface area (Å²) in [5.74, 6) is -1.73. The summed E-state index contributed by atoms with van der Waals surface area (Å²) in [5.41, 5.74) is 0.179. The van der Waals surface area contributed by atoms with Crippen LogP contribution in [0.3, 0.4) is 0 Å². The average Bonchev–Trinajstić information content (AvgIpc) is 2.33. The molecule has 1 aromatic carbocycles. The molecule has 118 valence electrons. The van der Waals surface area contributed by atoms with Crippen molar-refractivity contribution in [2.24, 2.45) is 5.92 Å². The number of benzene rings is 1. The van der Waals surface area contributed by atoms with Gasteiger partial charge in [-0.15, -0.1) is 0 Å². The van der Waals surface area contributed by atoms with Crippen molar-refractivity contribution >= 4 is 31.3 Å². The number of anilines is 1. The van der Waals surface area contributed by atoms with Crippen molar-refractivity contribution in [1.29, 1.82) is 0 Å². The van der Waals surface area contributed by atoms with Crippen LogP contribution in [0.2, 0.25) is 0 Å². The number of carbonyl (C=O) groups is 1. The lowest BCUT2D eigenvalue weighted by Gasteiger charge is -2.14. The summed E-state index contributed by atoms with van der Waals surface area (Å²) in [6.45, 7) is 1.50. The van der Waals surface area contributed by atoms with E-state index in [1.165, 1.54) is 19.1 Å². The molecule has 1 aromatic rings. The highest BCUT2D eigenvalue weighted by Gasteiger charge is 2.19. The average molecular weight is 335 g/mol. The fourth-order valence-electron chi connectivity index (χ4n) is 1.54. The number of hydrogen-bond donors (Lipinski definition) is 2. The third-order valence-electron chi connectivity index (χ3n) is 2.80. The van der Waals surface area contributed by atoms with Crippen molar-refractivity contribution in [3.8, 4) is 0 Å². The van der Waals surface area contributed by atoms with Crippen LogP contribution in [0.1, 0.15) is 6.92 Å². The van der Waals surface area contributed by atoms with Crippen molar-refractivity contribution < 1.29 is 26.7 Å². The summed E-state index contributed by atoms with van der Waals surface area (Å²) in [5, 5.41) is 11.5. The SMILES string of the molecule is CC(CNc1ccc(S(C)(=O)=O)cc1S(C)(=O)=O)C(=O)O. The minimum absolute atomic E-state index is 0.0239. The Bertz CT molecular complexity index is 752. The van der Waals surface area contributed by atoms with E-state index in [-0.39, 0.29) is 22.0 Å². The molecule has 0 saturated heterocycles. The third kappa shape index (κ3) is 4.71. The summed E-state index contributed by atoms with van der Waals surface area (Å²) in [4.78, 5) is 10.5. The number of aliphatic carboxylic acids is 1. The van der Waals surface area contributed by atoms with Gasteiger partial charge in [0.1, 0.15) is 0 Å². The number of sulfone groups is 2. The highest BCUT2D eigenvalue weighted by Crippen LogP contribution is 2.25. The number of rotatable bonds is 6. The van der Waals surface area contributed by atoms with Crippen LogP contribution < -0.4 is 5.32 Å². The predicted molar refractivity (Wildman–Crippen MR) is 78.0 cm³/mol. The maximum atomic E-state index is 11.8. The Morgan fingerprint density at radius 1 is 1.19 bits per heavy atom. The second-order valence-electron chi connectivity index (χ2n) is 4.82. The molecule has 7 nitrogen and oxygen atoms in total. The Morgan fingerprint density at radius 3 is 2.19 bits per heavy atom. The van der Waals surface area contributed by atoms with Gasteiger partial charge >= 0.3 is 5.97 Å². The largest absolute Gasteiger partial charge is 0.481 e. The predicted octanol–water partition coefficient (Wildman–Crippen LogP) is 0.626. The van der Waals surface area contributed by atoms with Gasteiger partial charge < -0.3 is 10.4 Å². The van der Waals surface area contributed by atoms with E-state index >= 15 is 0 Å². The molecule has 0 aliphatic carbocycles. The first kappa shape index (κ1) is 17.4. The van der Waals surface area contributed by atoms with Crippen LogP contribution >= 0.6 is 0 Å². The zero-order valence-electron chi connectivity index (χ0n) is 11.8. The maximum absolute atomic E-state index is 11.8. The van der Waals surface area contributed by atoms with E-state index in [2.05, 4.69) is 5.32 Å². The molecule has 2 N–H and O–H groups in total. The molecule has 1 unspecified atom stereocenters. The molecule has 0 aliphatic heterocycles. The van der Waals surface area contributed by atoms with Crippen LogP contribution in [-0.2, 0) is 24.5 Å². The third-order valence-corrected chi connectivity index (χ3v) is 5.05. The molecule has 1 rings (SSSR count).